The van der Waals surface area contributed by atoms with Gasteiger partial charge in [-0.3, -0.25) is 4.79 Å². The van der Waals surface area contributed by atoms with E-state index in [9.17, 15) is 4.79 Å². The van der Waals surface area contributed by atoms with Crippen LogP contribution in [0.25, 0.3) is 0 Å². The van der Waals surface area contributed by atoms with Crippen LogP contribution in [0, 0.1) is 0 Å². The molecule has 1 aromatic rings. The molecule has 1 aromatic carbocycles. The highest BCUT2D eigenvalue weighted by Gasteiger charge is 2.16. The normalized spacial score (nSPS) is 18.4. The molecule has 0 saturated heterocycles. The van der Waals surface area contributed by atoms with Crippen LogP contribution in [0.3, 0.4) is 0 Å². The Bertz CT molecular complexity index is 570. The third-order valence-corrected chi connectivity index (χ3v) is 3.45. The zero-order valence-electron chi connectivity index (χ0n) is 12.6. The number of hydrogen-bond acceptors (Lipinski definition) is 3. The van der Waals surface area contributed by atoms with E-state index in [2.05, 4.69) is 35.8 Å². The number of nitrogens with one attached hydrogen (secondary N) is 2. The zero-order valence-corrected chi connectivity index (χ0v) is 12.6. The van der Waals surface area contributed by atoms with Crippen molar-refractivity contribution in [2.24, 2.45) is 0 Å². The Hall–Kier alpha value is -2.29. The van der Waals surface area contributed by atoms with E-state index in [1.807, 2.05) is 37.4 Å². The summed E-state index contributed by atoms with van der Waals surface area (Å²) in [6, 6.07) is 10.4. The second-order valence-electron chi connectivity index (χ2n) is 5.06. The van der Waals surface area contributed by atoms with E-state index in [0.29, 0.717) is 0 Å². The molecule has 3 nitrogen and oxygen atoms in total. The van der Waals surface area contributed by atoms with Gasteiger partial charge in [-0.05, 0) is 24.5 Å². The van der Waals surface area contributed by atoms with Crippen molar-refractivity contribution in [3.8, 4) is 0 Å². The standard InChI is InChI=1S/C18H22N2O/c1-3-7-17(19-2)18-12-15(13-21)11-16(20-18)10-14-8-5-4-6-9-14/h4-9,11-13,16,19-20H,3,10H2,1-2H3/b17-7-. The molecule has 0 radical (unpaired) electrons. The van der Waals surface area contributed by atoms with E-state index in [0.717, 1.165) is 36.1 Å². The van der Waals surface area contributed by atoms with Crippen LogP contribution in [0.1, 0.15) is 18.9 Å². The molecule has 0 fully saturated rings. The van der Waals surface area contributed by atoms with Gasteiger partial charge in [-0.2, -0.15) is 0 Å². The largest absolute Gasteiger partial charge is 0.387 e. The maximum absolute atomic E-state index is 11.2. The second-order valence-corrected chi connectivity index (χ2v) is 5.06. The van der Waals surface area contributed by atoms with Crippen molar-refractivity contribution in [3.63, 3.8) is 0 Å². The molecule has 1 aliphatic rings. The minimum absolute atomic E-state index is 0.126. The molecule has 2 N–H and O–H groups in total. The lowest BCUT2D eigenvalue weighted by Gasteiger charge is -2.25. The van der Waals surface area contributed by atoms with Crippen LogP contribution in [0.5, 0.6) is 0 Å². The average Bonchev–Trinajstić information content (AvgIpc) is 2.53. The number of allylic oxidation sites excluding steroid dienone is 3. The van der Waals surface area contributed by atoms with Crippen molar-refractivity contribution in [1.82, 2.24) is 10.6 Å². The Morgan fingerprint density at radius 2 is 2.10 bits per heavy atom. The molecule has 0 saturated carbocycles. The maximum atomic E-state index is 11.2. The second kappa shape index (κ2) is 7.48. The summed E-state index contributed by atoms with van der Waals surface area (Å²) in [5.41, 5.74) is 3.98. The first kappa shape index (κ1) is 15.1. The first-order chi connectivity index (χ1) is 10.3. The quantitative estimate of drug-likeness (QED) is 0.788. The van der Waals surface area contributed by atoms with Crippen molar-refractivity contribution in [2.75, 3.05) is 7.05 Å². The van der Waals surface area contributed by atoms with Crippen LogP contribution < -0.4 is 10.6 Å². The molecule has 3 heteroatoms. The van der Waals surface area contributed by atoms with Crippen LogP contribution in [-0.2, 0) is 11.2 Å². The number of carbonyl (C=O) groups excluding carboxylic acids is 1. The molecule has 0 amide bonds. The van der Waals surface area contributed by atoms with Gasteiger partial charge >= 0.3 is 0 Å². The summed E-state index contributed by atoms with van der Waals surface area (Å²) in [6.45, 7) is 2.10. The number of benzene rings is 1. The molecule has 1 unspecified atom stereocenters. The first-order valence-electron chi connectivity index (χ1n) is 7.34. The third kappa shape index (κ3) is 4.09. The van der Waals surface area contributed by atoms with E-state index in [-0.39, 0.29) is 6.04 Å². The summed E-state index contributed by atoms with van der Waals surface area (Å²) >= 11 is 0. The van der Waals surface area contributed by atoms with Gasteiger partial charge in [0.2, 0.25) is 0 Å². The lowest BCUT2D eigenvalue weighted by atomic mass is 9.99. The number of dihydropyridines is 1. The van der Waals surface area contributed by atoms with E-state index < -0.39 is 0 Å². The molecular formula is C18H22N2O. The van der Waals surface area contributed by atoms with Crippen LogP contribution in [-0.4, -0.2) is 19.4 Å². The number of aldehydes is 1. The highest BCUT2D eigenvalue weighted by molar-refractivity contribution is 5.79. The molecule has 0 aromatic heterocycles. The molecule has 0 bridgehead atoms. The van der Waals surface area contributed by atoms with Crippen molar-refractivity contribution in [2.45, 2.75) is 25.8 Å². The van der Waals surface area contributed by atoms with Gasteiger partial charge in [0.1, 0.15) is 6.29 Å². The summed E-state index contributed by atoms with van der Waals surface area (Å²) in [4.78, 5) is 11.2. The first-order valence-corrected chi connectivity index (χ1v) is 7.34. The molecule has 1 heterocycles. The third-order valence-electron chi connectivity index (χ3n) is 3.45. The van der Waals surface area contributed by atoms with Gasteiger partial charge in [0.05, 0.1) is 11.4 Å². The van der Waals surface area contributed by atoms with Gasteiger partial charge < -0.3 is 10.6 Å². The van der Waals surface area contributed by atoms with Crippen LogP contribution >= 0.6 is 0 Å². The average molecular weight is 282 g/mol. The predicted octanol–water partition coefficient (Wildman–Crippen LogP) is 2.72. The topological polar surface area (TPSA) is 41.1 Å². The van der Waals surface area contributed by atoms with Gasteiger partial charge in [-0.1, -0.05) is 49.4 Å². The summed E-state index contributed by atoms with van der Waals surface area (Å²) in [5, 5.41) is 6.69. The van der Waals surface area contributed by atoms with Crippen LogP contribution in [0.2, 0.25) is 0 Å². The van der Waals surface area contributed by atoms with Crippen molar-refractivity contribution in [1.29, 1.82) is 0 Å². The SMILES string of the molecule is CC/C=C(\NC)C1=CC(C=O)=CC(Cc2ccccc2)N1. The Morgan fingerprint density at radius 3 is 2.71 bits per heavy atom. The van der Waals surface area contributed by atoms with Crippen LogP contribution in [0.15, 0.2) is 65.5 Å². The van der Waals surface area contributed by atoms with Crippen LogP contribution in [0.4, 0.5) is 0 Å². The Balaban J connectivity index is 2.19. The van der Waals surface area contributed by atoms with Crippen molar-refractivity contribution in [3.05, 3.63) is 71.1 Å². The van der Waals surface area contributed by atoms with Gasteiger partial charge in [0, 0.05) is 18.7 Å². The van der Waals surface area contributed by atoms with E-state index in [1.165, 1.54) is 5.56 Å². The molecular weight excluding hydrogens is 260 g/mol. The highest BCUT2D eigenvalue weighted by atomic mass is 16.1. The van der Waals surface area contributed by atoms with Crippen molar-refractivity contribution < 1.29 is 4.79 Å². The smallest absolute Gasteiger partial charge is 0.149 e. The summed E-state index contributed by atoms with van der Waals surface area (Å²) in [5.74, 6) is 0. The van der Waals surface area contributed by atoms with E-state index in [1.54, 1.807) is 0 Å². The molecule has 1 aliphatic heterocycles. The van der Waals surface area contributed by atoms with Gasteiger partial charge in [0.25, 0.3) is 0 Å². The molecule has 21 heavy (non-hydrogen) atoms. The molecule has 2 rings (SSSR count). The minimum Gasteiger partial charge on any atom is -0.387 e. The zero-order chi connectivity index (χ0) is 15.1. The van der Waals surface area contributed by atoms with E-state index in [4.69, 9.17) is 0 Å². The van der Waals surface area contributed by atoms with E-state index >= 15 is 0 Å². The Labute approximate surface area is 126 Å². The molecule has 0 spiro atoms. The van der Waals surface area contributed by atoms with Gasteiger partial charge in [0.15, 0.2) is 0 Å². The highest BCUT2D eigenvalue weighted by Crippen LogP contribution is 2.17. The summed E-state index contributed by atoms with van der Waals surface area (Å²) in [6.07, 6.45) is 8.72. The number of likely N-dealkylation sites (N-methyl/N-ethyl adjacent to an activating group) is 1. The summed E-state index contributed by atoms with van der Waals surface area (Å²) in [7, 11) is 1.90. The monoisotopic (exact) mass is 282 g/mol. The fourth-order valence-corrected chi connectivity index (χ4v) is 2.49. The summed E-state index contributed by atoms with van der Waals surface area (Å²) < 4.78 is 0. The molecule has 1 atom stereocenters. The molecule has 110 valence electrons. The fourth-order valence-electron chi connectivity index (χ4n) is 2.49. The molecule has 0 aliphatic carbocycles. The van der Waals surface area contributed by atoms with Crippen molar-refractivity contribution >= 4 is 6.29 Å². The number of carbonyl (C=O) groups is 1. The predicted molar refractivity (Wildman–Crippen MR) is 86.7 cm³/mol. The number of hydrogen-bond donors (Lipinski definition) is 2. The Morgan fingerprint density at radius 1 is 1.33 bits per heavy atom. The minimum atomic E-state index is 0.126. The van der Waals surface area contributed by atoms with Gasteiger partial charge in [-0.15, -0.1) is 0 Å². The fraction of sp³-hybridized carbons (Fsp3) is 0.278. The van der Waals surface area contributed by atoms with Gasteiger partial charge in [-0.25, -0.2) is 0 Å². The Kier molecular flexibility index (Phi) is 5.38. The lowest BCUT2D eigenvalue weighted by molar-refractivity contribution is -0.104. The lowest BCUT2D eigenvalue weighted by Crippen LogP contribution is -2.34. The number of rotatable bonds is 6. The maximum Gasteiger partial charge on any atom is 0.149 e.